The molecule has 0 aliphatic carbocycles. The molecular formula is C17H15Cl2N3O6. The van der Waals surface area contributed by atoms with Crippen LogP contribution < -0.4 is 14.9 Å². The second-order valence-corrected chi connectivity index (χ2v) is 6.07. The summed E-state index contributed by atoms with van der Waals surface area (Å²) in [6.45, 7) is 1.48. The van der Waals surface area contributed by atoms with Gasteiger partial charge in [0.15, 0.2) is 18.1 Å². The zero-order valence-electron chi connectivity index (χ0n) is 14.5. The van der Waals surface area contributed by atoms with Gasteiger partial charge in [-0.1, -0.05) is 23.2 Å². The van der Waals surface area contributed by atoms with Gasteiger partial charge in [0.2, 0.25) is 0 Å². The fourth-order valence-electron chi connectivity index (χ4n) is 2.03. The van der Waals surface area contributed by atoms with Gasteiger partial charge in [0, 0.05) is 16.7 Å². The number of ether oxygens (including phenoxy) is 2. The monoisotopic (exact) mass is 427 g/mol. The topological polar surface area (TPSA) is 123 Å². The Balaban J connectivity index is 2.03. The molecule has 11 heteroatoms. The van der Waals surface area contributed by atoms with Gasteiger partial charge >= 0.3 is 0 Å². The number of nitro benzene ring substituents is 1. The summed E-state index contributed by atoms with van der Waals surface area (Å²) in [7, 11) is 0. The summed E-state index contributed by atoms with van der Waals surface area (Å²) in [5, 5.41) is 25.4. The highest BCUT2D eigenvalue weighted by molar-refractivity contribution is 6.35. The average molecular weight is 428 g/mol. The van der Waals surface area contributed by atoms with Gasteiger partial charge in [0.05, 0.1) is 28.8 Å². The van der Waals surface area contributed by atoms with Crippen LogP contribution in [-0.4, -0.2) is 35.4 Å². The summed E-state index contributed by atoms with van der Waals surface area (Å²) >= 11 is 11.7. The molecule has 148 valence electrons. The lowest BCUT2D eigenvalue weighted by Crippen LogP contribution is -2.24. The van der Waals surface area contributed by atoms with Crippen molar-refractivity contribution in [3.8, 4) is 17.2 Å². The quantitative estimate of drug-likeness (QED) is 0.377. The van der Waals surface area contributed by atoms with Gasteiger partial charge in [-0.05, 0) is 25.1 Å². The Hall–Kier alpha value is -3.04. The van der Waals surface area contributed by atoms with Crippen LogP contribution in [0, 0.1) is 10.1 Å². The Bertz CT molecular complexity index is 920. The van der Waals surface area contributed by atoms with E-state index in [9.17, 15) is 20.0 Å². The first-order valence-corrected chi connectivity index (χ1v) is 8.61. The van der Waals surface area contributed by atoms with Crippen molar-refractivity contribution in [1.29, 1.82) is 0 Å². The summed E-state index contributed by atoms with van der Waals surface area (Å²) in [6, 6.07) is 6.73. The summed E-state index contributed by atoms with van der Waals surface area (Å²) < 4.78 is 10.4. The van der Waals surface area contributed by atoms with Crippen molar-refractivity contribution < 1.29 is 24.3 Å². The Labute approximate surface area is 169 Å². The standard InChI is InChI=1S/C17H15Cl2N3O6/c1-2-27-15-7-12(22(25)26)5-10(17(15)24)8-20-21-16(23)9-28-14-4-3-11(18)6-13(14)19/h3-8,24H,2,9H2,1H3,(H,21,23)/b20-8+. The van der Waals surface area contributed by atoms with E-state index in [4.69, 9.17) is 32.7 Å². The molecule has 0 aliphatic rings. The number of hydrazone groups is 1. The molecule has 1 amide bonds. The Morgan fingerprint density at radius 1 is 1.29 bits per heavy atom. The van der Waals surface area contributed by atoms with Gasteiger partial charge < -0.3 is 14.6 Å². The van der Waals surface area contributed by atoms with E-state index >= 15 is 0 Å². The number of carbonyl (C=O) groups excluding carboxylic acids is 1. The molecule has 28 heavy (non-hydrogen) atoms. The molecule has 9 nitrogen and oxygen atoms in total. The van der Waals surface area contributed by atoms with Crippen LogP contribution in [0.5, 0.6) is 17.2 Å². The van der Waals surface area contributed by atoms with Crippen LogP contribution in [0.3, 0.4) is 0 Å². The first kappa shape index (κ1) is 21.3. The summed E-state index contributed by atoms with van der Waals surface area (Å²) in [5.41, 5.74) is 1.88. The van der Waals surface area contributed by atoms with E-state index in [0.29, 0.717) is 5.02 Å². The molecule has 0 bridgehead atoms. The highest BCUT2D eigenvalue weighted by Gasteiger charge is 2.16. The lowest BCUT2D eigenvalue weighted by molar-refractivity contribution is -0.385. The maximum atomic E-state index is 11.8. The number of benzene rings is 2. The molecule has 2 aromatic rings. The number of rotatable bonds is 8. The first-order valence-electron chi connectivity index (χ1n) is 7.85. The van der Waals surface area contributed by atoms with Crippen LogP contribution in [0.2, 0.25) is 10.0 Å². The molecule has 0 radical (unpaired) electrons. The number of hydrogen-bond donors (Lipinski definition) is 2. The third kappa shape index (κ3) is 5.73. The van der Waals surface area contributed by atoms with Crippen molar-refractivity contribution in [2.45, 2.75) is 6.92 Å². The normalized spacial score (nSPS) is 10.7. The predicted molar refractivity (Wildman–Crippen MR) is 104 cm³/mol. The maximum absolute atomic E-state index is 11.8. The number of phenolic OH excluding ortho intramolecular Hbond substituents is 1. The third-order valence-electron chi connectivity index (χ3n) is 3.25. The number of carbonyl (C=O) groups is 1. The van der Waals surface area contributed by atoms with Gasteiger partial charge in [-0.15, -0.1) is 0 Å². The Morgan fingerprint density at radius 3 is 2.68 bits per heavy atom. The maximum Gasteiger partial charge on any atom is 0.277 e. The van der Waals surface area contributed by atoms with E-state index in [2.05, 4.69) is 10.5 Å². The van der Waals surface area contributed by atoms with Gasteiger partial charge in [-0.25, -0.2) is 5.43 Å². The lowest BCUT2D eigenvalue weighted by Gasteiger charge is -2.08. The van der Waals surface area contributed by atoms with Crippen molar-refractivity contribution in [1.82, 2.24) is 5.43 Å². The molecule has 0 unspecified atom stereocenters. The minimum Gasteiger partial charge on any atom is -0.504 e. The Morgan fingerprint density at radius 2 is 2.04 bits per heavy atom. The molecule has 0 fully saturated rings. The van der Waals surface area contributed by atoms with E-state index in [1.165, 1.54) is 12.1 Å². The highest BCUT2D eigenvalue weighted by Crippen LogP contribution is 2.33. The van der Waals surface area contributed by atoms with Gasteiger partial charge in [-0.3, -0.25) is 14.9 Å². The number of halogens is 2. The van der Waals surface area contributed by atoms with E-state index in [1.807, 2.05) is 0 Å². The summed E-state index contributed by atoms with van der Waals surface area (Å²) in [5.74, 6) is -0.750. The molecular weight excluding hydrogens is 413 g/mol. The predicted octanol–water partition coefficient (Wildman–Crippen LogP) is 3.54. The SMILES string of the molecule is CCOc1cc([N+](=O)[O-])cc(/C=N/NC(=O)COc2ccc(Cl)cc2Cl)c1O. The second-order valence-electron chi connectivity index (χ2n) is 5.23. The molecule has 0 spiro atoms. The number of nitrogens with one attached hydrogen (secondary N) is 1. The number of hydrogen-bond acceptors (Lipinski definition) is 7. The number of nitro groups is 1. The van der Waals surface area contributed by atoms with Crippen LogP contribution >= 0.6 is 23.2 Å². The van der Waals surface area contributed by atoms with Gasteiger partial charge in [-0.2, -0.15) is 5.10 Å². The van der Waals surface area contributed by atoms with Crippen LogP contribution in [0.25, 0.3) is 0 Å². The third-order valence-corrected chi connectivity index (χ3v) is 3.78. The lowest BCUT2D eigenvalue weighted by atomic mass is 10.1. The molecule has 0 heterocycles. The molecule has 2 N–H and O–H groups in total. The van der Waals surface area contributed by atoms with Gasteiger partial charge in [0.1, 0.15) is 5.75 Å². The first-order chi connectivity index (χ1) is 13.3. The average Bonchev–Trinajstić information content (AvgIpc) is 2.63. The molecule has 0 saturated carbocycles. The molecule has 0 saturated heterocycles. The van der Waals surface area contributed by atoms with E-state index in [-0.39, 0.29) is 46.7 Å². The molecule has 0 aliphatic heterocycles. The van der Waals surface area contributed by atoms with E-state index in [0.717, 1.165) is 18.3 Å². The summed E-state index contributed by atoms with van der Waals surface area (Å²) in [4.78, 5) is 22.2. The fourth-order valence-corrected chi connectivity index (χ4v) is 2.49. The van der Waals surface area contributed by atoms with Crippen molar-refractivity contribution in [2.75, 3.05) is 13.2 Å². The molecule has 0 atom stereocenters. The second kappa shape index (κ2) is 9.77. The van der Waals surface area contributed by atoms with Crippen LogP contribution in [0.1, 0.15) is 12.5 Å². The van der Waals surface area contributed by atoms with Crippen molar-refractivity contribution >= 4 is 41.0 Å². The smallest absolute Gasteiger partial charge is 0.277 e. The number of nitrogens with zero attached hydrogens (tertiary/aromatic N) is 2. The van der Waals surface area contributed by atoms with Crippen molar-refractivity contribution in [3.05, 3.63) is 56.1 Å². The Kier molecular flexibility index (Phi) is 7.42. The highest BCUT2D eigenvalue weighted by atomic mass is 35.5. The largest absolute Gasteiger partial charge is 0.504 e. The number of non-ortho nitro benzene ring substituents is 1. The number of amides is 1. The number of aromatic hydroxyl groups is 1. The van der Waals surface area contributed by atoms with Crippen LogP contribution in [0.4, 0.5) is 5.69 Å². The van der Waals surface area contributed by atoms with Crippen molar-refractivity contribution in [3.63, 3.8) is 0 Å². The fraction of sp³-hybridized carbons (Fsp3) is 0.176. The summed E-state index contributed by atoms with van der Waals surface area (Å²) in [6.07, 6.45) is 1.05. The van der Waals surface area contributed by atoms with E-state index in [1.54, 1.807) is 13.0 Å². The zero-order valence-corrected chi connectivity index (χ0v) is 16.0. The van der Waals surface area contributed by atoms with Crippen molar-refractivity contribution in [2.24, 2.45) is 5.10 Å². The van der Waals surface area contributed by atoms with E-state index < -0.39 is 10.8 Å². The van der Waals surface area contributed by atoms with Crippen LogP contribution in [0.15, 0.2) is 35.4 Å². The van der Waals surface area contributed by atoms with Crippen LogP contribution in [-0.2, 0) is 4.79 Å². The number of phenols is 1. The molecule has 2 aromatic carbocycles. The minimum absolute atomic E-state index is 0.000357. The molecule has 2 rings (SSSR count). The molecule has 0 aromatic heterocycles. The van der Waals surface area contributed by atoms with Gasteiger partial charge in [0.25, 0.3) is 11.6 Å². The zero-order chi connectivity index (χ0) is 20.7. The minimum atomic E-state index is -0.637.